The van der Waals surface area contributed by atoms with Gasteiger partial charge in [-0.25, -0.2) is 4.98 Å². The molecule has 15 heteroatoms. The van der Waals surface area contributed by atoms with Crippen molar-refractivity contribution >= 4 is 40.5 Å². The van der Waals surface area contributed by atoms with Crippen LogP contribution in [0.2, 0.25) is 0 Å². The number of fused-ring (bicyclic) bond motifs is 1. The quantitative estimate of drug-likeness (QED) is 0.0820. The number of ether oxygens (including phenoxy) is 1. The number of anilines is 2. The third-order valence-corrected chi connectivity index (χ3v) is 13.3. The number of piperidine rings is 1. The third-order valence-electron chi connectivity index (χ3n) is 13.3. The van der Waals surface area contributed by atoms with Crippen LogP contribution in [-0.2, 0) is 21.5 Å². The largest absolute Gasteiger partial charge is 0.496 e. The normalized spacial score (nSPS) is 15.5. The van der Waals surface area contributed by atoms with Crippen LogP contribution in [0.15, 0.2) is 77.4 Å². The minimum atomic E-state index is -0.423. The number of aryl methyl sites for hydroxylation is 1. The predicted octanol–water partition coefficient (Wildman–Crippen LogP) is 7.46. The Morgan fingerprint density at radius 1 is 0.924 bits per heavy atom. The predicted molar refractivity (Wildman–Crippen MR) is 257 cm³/mol. The van der Waals surface area contributed by atoms with E-state index in [4.69, 9.17) is 14.2 Å². The number of methoxy groups -OCH3 is 1. The van der Waals surface area contributed by atoms with Gasteiger partial charge in [-0.05, 0) is 92.1 Å². The van der Waals surface area contributed by atoms with Crippen LogP contribution < -0.4 is 25.2 Å². The molecule has 0 aliphatic carbocycles. The molecule has 2 aliphatic heterocycles. The Kier molecular flexibility index (Phi) is 14.1. The molecule has 2 amide bonds. The molecule has 8 rings (SSSR count). The molecule has 0 saturated carbocycles. The molecule has 0 radical (unpaired) electrons. The van der Waals surface area contributed by atoms with Gasteiger partial charge >= 0.3 is 0 Å². The molecule has 5 heterocycles. The number of amides is 2. The maximum absolute atomic E-state index is 12.8. The number of hydrogen-bond donors (Lipinski definition) is 3. The summed E-state index contributed by atoms with van der Waals surface area (Å²) in [4.78, 5) is 53.0. The summed E-state index contributed by atoms with van der Waals surface area (Å²) in [5, 5.41) is 18.2. The molecule has 3 N–H and O–H groups in total. The van der Waals surface area contributed by atoms with Gasteiger partial charge in [0.25, 0.3) is 11.7 Å². The number of carbonyl (C=O) groups is 3. The van der Waals surface area contributed by atoms with Gasteiger partial charge in [-0.3, -0.25) is 19.6 Å². The van der Waals surface area contributed by atoms with E-state index in [1.807, 2.05) is 58.2 Å². The Morgan fingerprint density at radius 3 is 2.33 bits per heavy atom. The van der Waals surface area contributed by atoms with Crippen LogP contribution in [0.1, 0.15) is 92.0 Å². The van der Waals surface area contributed by atoms with E-state index in [-0.39, 0.29) is 23.1 Å². The van der Waals surface area contributed by atoms with E-state index in [0.29, 0.717) is 42.6 Å². The highest BCUT2D eigenvalue weighted by Crippen LogP contribution is 2.36. The topological polar surface area (TPSA) is 175 Å². The Balaban J connectivity index is 0.808. The second kappa shape index (κ2) is 20.3. The minimum absolute atomic E-state index is 0.0266. The van der Waals surface area contributed by atoms with Gasteiger partial charge in [0.2, 0.25) is 11.8 Å². The summed E-state index contributed by atoms with van der Waals surface area (Å²) < 4.78 is 11.0. The van der Waals surface area contributed by atoms with Gasteiger partial charge in [0.15, 0.2) is 5.65 Å². The first kappa shape index (κ1) is 45.9. The van der Waals surface area contributed by atoms with E-state index >= 15 is 0 Å². The number of aromatic amines is 1. The molecule has 2 fully saturated rings. The molecule has 346 valence electrons. The maximum atomic E-state index is 12.8. The number of carbonyl (C=O) groups excluding carboxylic acids is 3. The van der Waals surface area contributed by atoms with Crippen molar-refractivity contribution in [3.05, 3.63) is 101 Å². The number of nitrogens with one attached hydrogen (secondary N) is 3. The van der Waals surface area contributed by atoms with Crippen LogP contribution >= 0.6 is 0 Å². The molecule has 6 aromatic rings. The molecule has 1 unspecified atom stereocenters. The monoisotopic (exact) mass is 894 g/mol. The Labute approximate surface area is 386 Å². The zero-order valence-electron chi connectivity index (χ0n) is 39.0. The molecule has 0 spiro atoms. The number of aromatic nitrogens is 5. The van der Waals surface area contributed by atoms with Crippen molar-refractivity contribution in [3.63, 3.8) is 0 Å². The summed E-state index contributed by atoms with van der Waals surface area (Å²) in [6, 6.07) is 23.2. The Bertz CT molecular complexity index is 2640. The summed E-state index contributed by atoms with van der Waals surface area (Å²) in [6.45, 7) is 15.4. The van der Waals surface area contributed by atoms with Crippen molar-refractivity contribution in [3.8, 4) is 28.1 Å². The van der Waals surface area contributed by atoms with Gasteiger partial charge < -0.3 is 34.5 Å². The van der Waals surface area contributed by atoms with Gasteiger partial charge in [-0.2, -0.15) is 10.1 Å². The molecule has 0 bridgehead atoms. The van der Waals surface area contributed by atoms with Gasteiger partial charge in [0.05, 0.1) is 18.7 Å². The fourth-order valence-electron chi connectivity index (χ4n) is 9.16. The minimum Gasteiger partial charge on any atom is -0.496 e. The zero-order valence-corrected chi connectivity index (χ0v) is 39.0. The first-order chi connectivity index (χ1) is 31.9. The van der Waals surface area contributed by atoms with Crippen molar-refractivity contribution in [1.82, 2.24) is 40.9 Å². The average Bonchev–Trinajstić information content (AvgIpc) is 4.02. The molecular weight excluding hydrogens is 833 g/mol. The molecule has 15 nitrogen and oxygen atoms in total. The lowest BCUT2D eigenvalue weighted by Crippen LogP contribution is -2.47. The van der Waals surface area contributed by atoms with Crippen LogP contribution in [0, 0.1) is 12.8 Å². The SMILES string of the molecule is CNC(=O)C(CCC=O)c1ccc(N2CCC(CCN3CCN(c4ccc(-c5cnc6n[nH]c(-c7ccc(CNC(=O)c8noc(C(C)(C)C)n8)c(C)c7)c6c5)cc4)CC3)CC2)cc1OC. The molecule has 66 heavy (non-hydrogen) atoms. The van der Waals surface area contributed by atoms with Crippen LogP contribution in [-0.4, -0.2) is 108 Å². The smallest absolute Gasteiger partial charge is 0.292 e. The number of pyridine rings is 1. The van der Waals surface area contributed by atoms with E-state index in [1.54, 1.807) is 14.2 Å². The lowest BCUT2D eigenvalue weighted by molar-refractivity contribution is -0.122. The van der Waals surface area contributed by atoms with Crippen molar-refractivity contribution in [2.45, 2.75) is 77.7 Å². The first-order valence-corrected chi connectivity index (χ1v) is 23.1. The Morgan fingerprint density at radius 2 is 1.65 bits per heavy atom. The maximum Gasteiger partial charge on any atom is 0.292 e. The molecular formula is C51H62N10O5. The second-order valence-electron chi connectivity index (χ2n) is 18.6. The van der Waals surface area contributed by atoms with E-state index in [1.165, 1.54) is 12.1 Å². The summed E-state index contributed by atoms with van der Waals surface area (Å²) in [7, 11) is 3.27. The van der Waals surface area contributed by atoms with Crippen LogP contribution in [0.3, 0.4) is 0 Å². The van der Waals surface area contributed by atoms with Crippen molar-refractivity contribution in [2.75, 3.05) is 69.8 Å². The average molecular weight is 895 g/mol. The van der Waals surface area contributed by atoms with Crippen molar-refractivity contribution in [1.29, 1.82) is 0 Å². The van der Waals surface area contributed by atoms with E-state index in [2.05, 4.69) is 88.1 Å². The van der Waals surface area contributed by atoms with Gasteiger partial charge in [0, 0.05) is 110 Å². The molecule has 2 aliphatic rings. The van der Waals surface area contributed by atoms with E-state index in [9.17, 15) is 14.4 Å². The molecule has 2 saturated heterocycles. The number of benzene rings is 3. The highest BCUT2D eigenvalue weighted by Gasteiger charge is 2.27. The number of piperazine rings is 1. The number of H-pyrrole nitrogens is 1. The number of hydrogen-bond acceptors (Lipinski definition) is 12. The molecule has 3 aromatic heterocycles. The zero-order chi connectivity index (χ0) is 46.4. The van der Waals surface area contributed by atoms with Gasteiger partial charge in [0.1, 0.15) is 12.0 Å². The summed E-state index contributed by atoms with van der Waals surface area (Å²) in [5.41, 5.74) is 9.50. The second-order valence-corrected chi connectivity index (χ2v) is 18.6. The lowest BCUT2D eigenvalue weighted by atomic mass is 9.91. The standard InChI is InChI=1S/C51H62N10O5/c1-33-28-36(9-10-37(33)31-54-49(64)47-55-50(66-58-47)51(2,3)4)45-43-29-38(32-53-46(43)57-56-45)35-11-13-39(14-12-35)61-25-23-59(24-26-61)20-17-34-18-21-60(22-19-34)40-15-16-41(44(30-40)65-6)42(8-7-27-62)48(63)52-5/h9-16,27-30,32,34,42H,7-8,17-26,31H2,1-6H3,(H,52,63)(H,54,64)(H,53,56,57). The van der Waals surface area contributed by atoms with E-state index < -0.39 is 5.92 Å². The van der Waals surface area contributed by atoms with Crippen molar-refractivity contribution < 1.29 is 23.6 Å². The first-order valence-electron chi connectivity index (χ1n) is 23.1. The fraction of sp³-hybridized carbons (Fsp3) is 0.431. The summed E-state index contributed by atoms with van der Waals surface area (Å²) in [5.74, 6) is 0.929. The fourth-order valence-corrected chi connectivity index (χ4v) is 9.16. The number of aldehydes is 1. The highest BCUT2D eigenvalue weighted by molar-refractivity contribution is 5.94. The lowest BCUT2D eigenvalue weighted by Gasteiger charge is -2.38. The summed E-state index contributed by atoms with van der Waals surface area (Å²) in [6.07, 6.45) is 7.03. The molecule has 1 atom stereocenters. The number of likely N-dealkylation sites (N-methyl/N-ethyl adjacent to an activating group) is 1. The highest BCUT2D eigenvalue weighted by atomic mass is 16.5. The van der Waals surface area contributed by atoms with Gasteiger partial charge in [-0.15, -0.1) is 0 Å². The summed E-state index contributed by atoms with van der Waals surface area (Å²) >= 11 is 0. The van der Waals surface area contributed by atoms with Crippen LogP contribution in [0.4, 0.5) is 11.4 Å². The number of rotatable bonds is 16. The third kappa shape index (κ3) is 10.4. The van der Waals surface area contributed by atoms with Gasteiger partial charge in [-0.1, -0.05) is 56.3 Å². The number of nitrogens with zero attached hydrogens (tertiary/aromatic N) is 7. The van der Waals surface area contributed by atoms with Crippen LogP contribution in [0.5, 0.6) is 5.75 Å². The van der Waals surface area contributed by atoms with E-state index in [0.717, 1.165) is 115 Å². The van der Waals surface area contributed by atoms with Crippen LogP contribution in [0.25, 0.3) is 33.4 Å². The Hall–Kier alpha value is -6.61. The van der Waals surface area contributed by atoms with Crippen molar-refractivity contribution in [2.24, 2.45) is 5.92 Å². The molecule has 3 aromatic carbocycles.